The summed E-state index contributed by atoms with van der Waals surface area (Å²) < 4.78 is 29.7. The molecule has 1 amide bonds. The molecule has 0 aliphatic rings. The van der Waals surface area contributed by atoms with Gasteiger partial charge in [-0.3, -0.25) is 14.2 Å². The van der Waals surface area contributed by atoms with E-state index < -0.39 is 23.1 Å². The number of hydrogen-bond acceptors (Lipinski definition) is 4. The molecule has 5 nitrogen and oxygen atoms in total. The van der Waals surface area contributed by atoms with Crippen molar-refractivity contribution in [1.29, 1.82) is 0 Å². The number of benzene rings is 2. The van der Waals surface area contributed by atoms with Crippen LogP contribution in [-0.4, -0.2) is 15.5 Å². The summed E-state index contributed by atoms with van der Waals surface area (Å²) in [7, 11) is 0. The lowest BCUT2D eigenvalue weighted by atomic mass is 10.2. The molecule has 4 rings (SSSR count). The Kier molecular flexibility index (Phi) is 5.06. The van der Waals surface area contributed by atoms with Gasteiger partial charge in [0.05, 0.1) is 15.9 Å². The third kappa shape index (κ3) is 3.49. The van der Waals surface area contributed by atoms with E-state index >= 15 is 0 Å². The van der Waals surface area contributed by atoms with Gasteiger partial charge >= 0.3 is 0 Å². The normalized spacial score (nSPS) is 11.3. The van der Waals surface area contributed by atoms with Crippen LogP contribution in [0.2, 0.25) is 5.02 Å². The summed E-state index contributed by atoms with van der Waals surface area (Å²) in [5.74, 6) is -1.15. The fraction of sp³-hybridized carbons (Fsp3) is 0.150. The monoisotopic (exact) mass is 433 g/mol. The smallest absolute Gasteiger partial charge is 0.272 e. The van der Waals surface area contributed by atoms with Gasteiger partial charge in [0.25, 0.3) is 5.56 Å². The lowest BCUT2D eigenvalue weighted by molar-refractivity contribution is -0.116. The Balaban J connectivity index is 1.75. The van der Waals surface area contributed by atoms with Crippen molar-refractivity contribution in [2.45, 2.75) is 19.9 Å². The summed E-state index contributed by atoms with van der Waals surface area (Å²) in [5.41, 5.74) is 0.220. The molecular weight excluding hydrogens is 420 g/mol. The minimum absolute atomic E-state index is 0.121. The lowest BCUT2D eigenvalue weighted by Crippen LogP contribution is -2.30. The van der Waals surface area contributed by atoms with Crippen LogP contribution in [-0.2, 0) is 17.8 Å². The van der Waals surface area contributed by atoms with Crippen molar-refractivity contribution in [2.75, 3.05) is 5.32 Å². The first-order valence-electron chi connectivity index (χ1n) is 8.74. The summed E-state index contributed by atoms with van der Waals surface area (Å²) in [6, 6.07) is 8.43. The molecule has 0 radical (unpaired) electrons. The van der Waals surface area contributed by atoms with E-state index in [2.05, 4.69) is 10.3 Å². The molecule has 4 aromatic rings. The molecule has 0 fully saturated rings. The number of halogens is 3. The van der Waals surface area contributed by atoms with Crippen LogP contribution in [0.15, 0.2) is 41.2 Å². The molecule has 2 heterocycles. The predicted octanol–water partition coefficient (Wildman–Crippen LogP) is 4.74. The molecule has 148 valence electrons. The van der Waals surface area contributed by atoms with Crippen molar-refractivity contribution in [3.8, 4) is 0 Å². The molecule has 0 spiro atoms. The average Bonchev–Trinajstić information content (AvgIpc) is 3.07. The van der Waals surface area contributed by atoms with Crippen molar-refractivity contribution < 1.29 is 13.6 Å². The molecule has 2 aromatic carbocycles. The Hall–Kier alpha value is -2.84. The fourth-order valence-electron chi connectivity index (χ4n) is 3.12. The first-order chi connectivity index (χ1) is 13.9. The highest BCUT2D eigenvalue weighted by atomic mass is 35.5. The van der Waals surface area contributed by atoms with Gasteiger partial charge in [0.2, 0.25) is 5.91 Å². The molecule has 0 unspecified atom stereocenters. The van der Waals surface area contributed by atoms with Crippen molar-refractivity contribution in [3.63, 3.8) is 0 Å². The second kappa shape index (κ2) is 7.53. The lowest BCUT2D eigenvalue weighted by Gasteiger charge is -2.12. The van der Waals surface area contributed by atoms with Crippen LogP contribution in [0, 0.1) is 11.6 Å². The van der Waals surface area contributed by atoms with Gasteiger partial charge in [-0.25, -0.2) is 13.8 Å². The van der Waals surface area contributed by atoms with E-state index in [-0.39, 0.29) is 11.6 Å². The fourth-order valence-corrected chi connectivity index (χ4v) is 4.41. The highest BCUT2D eigenvalue weighted by Gasteiger charge is 2.19. The van der Waals surface area contributed by atoms with Crippen molar-refractivity contribution in [1.82, 2.24) is 9.55 Å². The van der Waals surface area contributed by atoms with Gasteiger partial charge in [-0.15, -0.1) is 11.3 Å². The number of thiophene rings is 1. The number of nitrogens with zero attached hydrogens (tertiary/aromatic N) is 2. The second-order valence-electron chi connectivity index (χ2n) is 6.34. The number of carbonyl (C=O) groups excluding carboxylic acids is 1. The Morgan fingerprint density at radius 3 is 2.76 bits per heavy atom. The summed E-state index contributed by atoms with van der Waals surface area (Å²) in [5, 5.41) is 2.78. The second-order valence-corrected chi connectivity index (χ2v) is 7.80. The highest BCUT2D eigenvalue weighted by Crippen LogP contribution is 2.32. The quantitative estimate of drug-likeness (QED) is 0.505. The van der Waals surface area contributed by atoms with Crippen molar-refractivity contribution in [2.24, 2.45) is 0 Å². The summed E-state index contributed by atoms with van der Waals surface area (Å²) in [6.45, 7) is 1.52. The highest BCUT2D eigenvalue weighted by molar-refractivity contribution is 7.25. The standard InChI is InChI=1S/C20H14ClF2N3O2S/c1-2-15-25-18-17-13(23)4-3-5-14(17)29-19(18)20(28)26(15)9-16(27)24-10-6-7-12(22)11(21)8-10/h3-8H,2,9H2,1H3,(H,24,27). The van der Waals surface area contributed by atoms with E-state index in [1.54, 1.807) is 19.1 Å². The maximum absolute atomic E-state index is 14.3. The van der Waals surface area contributed by atoms with Crippen molar-refractivity contribution in [3.05, 3.63) is 69.2 Å². The number of hydrogen-bond donors (Lipinski definition) is 1. The van der Waals surface area contributed by atoms with Crippen LogP contribution in [0.4, 0.5) is 14.5 Å². The Morgan fingerprint density at radius 2 is 2.03 bits per heavy atom. The van der Waals surface area contributed by atoms with Gasteiger partial charge in [-0.2, -0.15) is 0 Å². The number of aryl methyl sites for hydroxylation is 1. The molecule has 0 aliphatic carbocycles. The Morgan fingerprint density at radius 1 is 1.24 bits per heavy atom. The number of rotatable bonds is 4. The van der Waals surface area contributed by atoms with Crippen LogP contribution < -0.4 is 10.9 Å². The van der Waals surface area contributed by atoms with E-state index in [0.717, 1.165) is 17.4 Å². The van der Waals surface area contributed by atoms with Gasteiger partial charge in [-0.05, 0) is 30.3 Å². The molecule has 0 bridgehead atoms. The molecular formula is C20H14ClF2N3O2S. The minimum Gasteiger partial charge on any atom is -0.324 e. The molecule has 1 N–H and O–H groups in total. The van der Waals surface area contributed by atoms with Gasteiger partial charge in [0, 0.05) is 16.8 Å². The third-order valence-electron chi connectivity index (χ3n) is 4.45. The number of aromatic nitrogens is 2. The molecule has 0 atom stereocenters. The summed E-state index contributed by atoms with van der Waals surface area (Å²) in [6.07, 6.45) is 0.382. The number of carbonyl (C=O) groups is 1. The zero-order valence-electron chi connectivity index (χ0n) is 15.1. The SMILES string of the molecule is CCc1nc2c(sc3cccc(F)c32)c(=O)n1CC(=O)Nc1ccc(F)c(Cl)c1. The largest absolute Gasteiger partial charge is 0.324 e. The van der Waals surface area contributed by atoms with Gasteiger partial charge in [0.1, 0.15) is 28.7 Å². The maximum Gasteiger partial charge on any atom is 0.272 e. The van der Waals surface area contributed by atoms with Gasteiger partial charge < -0.3 is 5.32 Å². The van der Waals surface area contributed by atoms with Crippen molar-refractivity contribution >= 4 is 54.8 Å². The van der Waals surface area contributed by atoms with Crippen LogP contribution >= 0.6 is 22.9 Å². The molecule has 0 saturated carbocycles. The Bertz CT molecular complexity index is 1330. The van der Waals surface area contributed by atoms with Crippen LogP contribution in [0.25, 0.3) is 20.3 Å². The first-order valence-corrected chi connectivity index (χ1v) is 9.93. The molecule has 2 aromatic heterocycles. The average molecular weight is 434 g/mol. The molecule has 29 heavy (non-hydrogen) atoms. The zero-order valence-corrected chi connectivity index (χ0v) is 16.7. The molecule has 9 heteroatoms. The molecule has 0 aliphatic heterocycles. The van der Waals surface area contributed by atoms with E-state index in [9.17, 15) is 18.4 Å². The van der Waals surface area contributed by atoms with E-state index in [0.29, 0.717) is 38.2 Å². The van der Waals surface area contributed by atoms with E-state index in [4.69, 9.17) is 11.6 Å². The molecule has 0 saturated heterocycles. The minimum atomic E-state index is -0.596. The third-order valence-corrected chi connectivity index (χ3v) is 5.87. The predicted molar refractivity (Wildman–Crippen MR) is 111 cm³/mol. The van der Waals surface area contributed by atoms with Gasteiger partial charge in [-0.1, -0.05) is 24.6 Å². The zero-order chi connectivity index (χ0) is 20.7. The number of amides is 1. The maximum atomic E-state index is 14.3. The van der Waals surface area contributed by atoms with Crippen LogP contribution in [0.1, 0.15) is 12.7 Å². The first kappa shape index (κ1) is 19.5. The van der Waals surface area contributed by atoms with Gasteiger partial charge in [0.15, 0.2) is 0 Å². The van der Waals surface area contributed by atoms with Crippen LogP contribution in [0.3, 0.4) is 0 Å². The summed E-state index contributed by atoms with van der Waals surface area (Å²) in [4.78, 5) is 30.0. The number of nitrogens with one attached hydrogen (secondary N) is 1. The number of anilines is 1. The summed E-state index contributed by atoms with van der Waals surface area (Å²) >= 11 is 6.87. The van der Waals surface area contributed by atoms with Crippen LogP contribution in [0.5, 0.6) is 0 Å². The Labute approximate surface area is 172 Å². The topological polar surface area (TPSA) is 64.0 Å². The van der Waals surface area contributed by atoms with E-state index in [1.165, 1.54) is 22.8 Å². The number of fused-ring (bicyclic) bond motifs is 3. The van der Waals surface area contributed by atoms with E-state index in [1.807, 2.05) is 0 Å².